The monoisotopic (exact) mass is 970 g/mol. The lowest BCUT2D eigenvalue weighted by atomic mass is 9.98. The molecule has 9 atom stereocenters. The molecule has 1 rings (SSSR count). The molecular weight excluding hydrogens is 859 g/mol. The highest BCUT2D eigenvalue weighted by Gasteiger charge is 2.44. The van der Waals surface area contributed by atoms with Gasteiger partial charge < -0.3 is 50.5 Å². The molecule has 1 fully saturated rings. The van der Waals surface area contributed by atoms with Crippen molar-refractivity contribution in [3.05, 3.63) is 12.2 Å². The van der Waals surface area contributed by atoms with Crippen molar-refractivity contribution in [2.45, 2.75) is 332 Å². The Labute approximate surface area is 417 Å². The molecule has 1 amide bonds. The number of unbranched alkanes of at least 4 members (excludes halogenated alkanes) is 36. The van der Waals surface area contributed by atoms with Gasteiger partial charge in [0.2, 0.25) is 5.91 Å². The molecule has 0 aromatic rings. The normalized spacial score (nSPS) is 20.5. The maximum absolute atomic E-state index is 13.2. The molecule has 0 aromatic heterocycles. The van der Waals surface area contributed by atoms with E-state index in [2.05, 4.69) is 31.3 Å². The Morgan fingerprint density at radius 1 is 0.500 bits per heavy atom. The van der Waals surface area contributed by atoms with E-state index >= 15 is 0 Å². The van der Waals surface area contributed by atoms with Crippen molar-refractivity contribution in [1.82, 2.24) is 5.32 Å². The molecule has 0 spiro atoms. The van der Waals surface area contributed by atoms with E-state index in [0.717, 1.165) is 38.5 Å². The summed E-state index contributed by atoms with van der Waals surface area (Å²) in [6.45, 7) is 3.47. The van der Waals surface area contributed by atoms with Crippen LogP contribution in [0, 0.1) is 0 Å². The predicted octanol–water partition coefficient (Wildman–Crippen LogP) is 12.0. The van der Waals surface area contributed by atoms with Gasteiger partial charge in [-0.3, -0.25) is 4.79 Å². The van der Waals surface area contributed by atoms with E-state index in [9.17, 15) is 40.5 Å². The van der Waals surface area contributed by atoms with E-state index in [0.29, 0.717) is 12.8 Å². The average Bonchev–Trinajstić information content (AvgIpc) is 3.34. The van der Waals surface area contributed by atoms with E-state index in [1.165, 1.54) is 199 Å². The standard InChI is InChI=1S/C57H111NO10/c1-3-5-7-9-11-13-15-17-19-21-22-23-24-25-26-27-29-31-33-35-37-39-41-43-45-50(61)56(66)58-48(47-67-57-55(65)54(64)53(63)51(46-59)68-57)52(62)49(60)44-42-40-38-36-34-32-30-28-20-18-16-14-12-10-8-6-4-2/h36,38,48-55,57,59-65H,3-35,37,39-47H2,1-2H3,(H,58,66)/b38-36+. The first-order chi connectivity index (χ1) is 33.2. The number of hydrogen-bond acceptors (Lipinski definition) is 10. The van der Waals surface area contributed by atoms with Crippen molar-refractivity contribution in [1.29, 1.82) is 0 Å². The van der Waals surface area contributed by atoms with E-state index in [1.54, 1.807) is 0 Å². The molecule has 0 aromatic carbocycles. The van der Waals surface area contributed by atoms with E-state index in [1.807, 2.05) is 0 Å². The number of allylic oxidation sites excluding steroid dienone is 2. The summed E-state index contributed by atoms with van der Waals surface area (Å²) in [7, 11) is 0. The molecular formula is C57H111NO10. The smallest absolute Gasteiger partial charge is 0.249 e. The summed E-state index contributed by atoms with van der Waals surface area (Å²) in [6.07, 6.45) is 42.7. The number of aliphatic hydroxyl groups excluding tert-OH is 7. The maximum Gasteiger partial charge on any atom is 0.249 e. The molecule has 68 heavy (non-hydrogen) atoms. The van der Waals surface area contributed by atoms with E-state index in [-0.39, 0.29) is 12.8 Å². The topological polar surface area (TPSA) is 189 Å². The van der Waals surface area contributed by atoms with Crippen molar-refractivity contribution in [3.63, 3.8) is 0 Å². The van der Waals surface area contributed by atoms with Crippen molar-refractivity contribution in [3.8, 4) is 0 Å². The summed E-state index contributed by atoms with van der Waals surface area (Å²) >= 11 is 0. The fourth-order valence-electron chi connectivity index (χ4n) is 9.56. The number of carbonyl (C=O) groups excluding carboxylic acids is 1. The fourth-order valence-corrected chi connectivity index (χ4v) is 9.56. The molecule has 8 N–H and O–H groups in total. The third-order valence-electron chi connectivity index (χ3n) is 14.3. The second-order valence-corrected chi connectivity index (χ2v) is 20.7. The molecule has 11 heteroatoms. The van der Waals surface area contributed by atoms with Crippen LogP contribution in [-0.2, 0) is 14.3 Å². The number of carbonyl (C=O) groups is 1. The first-order valence-corrected chi connectivity index (χ1v) is 29.1. The van der Waals surface area contributed by atoms with Gasteiger partial charge in [-0.05, 0) is 38.5 Å². The molecule has 0 saturated carbocycles. The van der Waals surface area contributed by atoms with Crippen LogP contribution >= 0.6 is 0 Å². The lowest BCUT2D eigenvalue weighted by Gasteiger charge is -2.40. The Bertz CT molecular complexity index is 1110. The number of hydrogen-bond donors (Lipinski definition) is 8. The zero-order chi connectivity index (χ0) is 49.7. The quantitative estimate of drug-likeness (QED) is 0.0215. The third kappa shape index (κ3) is 35.1. The molecule has 0 bridgehead atoms. The Kier molecular flexibility index (Phi) is 44.7. The van der Waals surface area contributed by atoms with Crippen molar-refractivity contribution in [2.75, 3.05) is 13.2 Å². The number of aliphatic hydroxyl groups is 7. The summed E-state index contributed by atoms with van der Waals surface area (Å²) < 4.78 is 11.1. The van der Waals surface area contributed by atoms with E-state index in [4.69, 9.17) is 9.47 Å². The predicted molar refractivity (Wildman–Crippen MR) is 279 cm³/mol. The number of nitrogens with one attached hydrogen (secondary N) is 1. The summed E-state index contributed by atoms with van der Waals surface area (Å²) in [5.41, 5.74) is 0. The van der Waals surface area contributed by atoms with Gasteiger partial charge in [0, 0.05) is 0 Å². The SMILES string of the molecule is CCCCCCCCCCCCCC/C=C/CCCC(O)C(O)C(COC1OC(CO)C(O)C(O)C1O)NC(=O)C(O)CCCCCCCCCCCCCCCCCCCCCCCCCC. The van der Waals surface area contributed by atoms with E-state index < -0.39 is 74.2 Å². The van der Waals surface area contributed by atoms with Crippen molar-refractivity contribution >= 4 is 5.91 Å². The minimum atomic E-state index is -1.66. The fraction of sp³-hybridized carbons (Fsp3) is 0.947. The minimum Gasteiger partial charge on any atom is -0.394 e. The molecule has 1 saturated heterocycles. The first kappa shape index (κ1) is 64.9. The van der Waals surface area contributed by atoms with Crippen LogP contribution in [0.2, 0.25) is 0 Å². The summed E-state index contributed by atoms with van der Waals surface area (Å²) in [5, 5.41) is 76.1. The van der Waals surface area contributed by atoms with Gasteiger partial charge in [0.1, 0.15) is 36.6 Å². The lowest BCUT2D eigenvalue weighted by Crippen LogP contribution is -2.60. The molecule has 11 nitrogen and oxygen atoms in total. The minimum absolute atomic E-state index is 0.260. The molecule has 1 heterocycles. The van der Waals surface area contributed by atoms with Gasteiger partial charge in [0.15, 0.2) is 6.29 Å². The van der Waals surface area contributed by atoms with Gasteiger partial charge in [-0.1, -0.05) is 251 Å². The summed E-state index contributed by atoms with van der Waals surface area (Å²) in [5.74, 6) is -0.700. The number of ether oxygens (including phenoxy) is 2. The van der Waals surface area contributed by atoms with Crippen LogP contribution in [0.1, 0.15) is 277 Å². The number of amides is 1. The van der Waals surface area contributed by atoms with Crippen LogP contribution < -0.4 is 5.32 Å². The largest absolute Gasteiger partial charge is 0.394 e. The molecule has 404 valence electrons. The van der Waals surface area contributed by atoms with Gasteiger partial charge in [0.05, 0.1) is 25.4 Å². The second kappa shape index (κ2) is 46.9. The molecule has 1 aliphatic heterocycles. The summed E-state index contributed by atoms with van der Waals surface area (Å²) in [6, 6.07) is -1.18. The first-order valence-electron chi connectivity index (χ1n) is 29.1. The maximum atomic E-state index is 13.2. The van der Waals surface area contributed by atoms with Gasteiger partial charge >= 0.3 is 0 Å². The van der Waals surface area contributed by atoms with Crippen molar-refractivity contribution in [2.24, 2.45) is 0 Å². The molecule has 0 radical (unpaired) electrons. The van der Waals surface area contributed by atoms with Gasteiger partial charge in [-0.15, -0.1) is 0 Å². The van der Waals surface area contributed by atoms with Gasteiger partial charge in [0.25, 0.3) is 0 Å². The third-order valence-corrected chi connectivity index (χ3v) is 14.3. The summed E-state index contributed by atoms with van der Waals surface area (Å²) in [4.78, 5) is 13.2. The highest BCUT2D eigenvalue weighted by molar-refractivity contribution is 5.80. The molecule has 1 aliphatic rings. The van der Waals surface area contributed by atoms with Crippen LogP contribution in [0.25, 0.3) is 0 Å². The zero-order valence-corrected chi connectivity index (χ0v) is 44.1. The van der Waals surface area contributed by atoms with Gasteiger partial charge in [-0.25, -0.2) is 0 Å². The Hall–Kier alpha value is -1.15. The molecule has 0 aliphatic carbocycles. The zero-order valence-electron chi connectivity index (χ0n) is 44.1. The van der Waals surface area contributed by atoms with Crippen LogP contribution in [0.15, 0.2) is 12.2 Å². The molecule has 9 unspecified atom stereocenters. The Morgan fingerprint density at radius 2 is 0.868 bits per heavy atom. The highest BCUT2D eigenvalue weighted by atomic mass is 16.7. The Morgan fingerprint density at radius 3 is 1.26 bits per heavy atom. The second-order valence-electron chi connectivity index (χ2n) is 20.7. The van der Waals surface area contributed by atoms with Crippen LogP contribution in [0.5, 0.6) is 0 Å². The number of rotatable bonds is 50. The van der Waals surface area contributed by atoms with Crippen molar-refractivity contribution < 1.29 is 50.0 Å². The Balaban J connectivity index is 2.30. The van der Waals surface area contributed by atoms with Crippen LogP contribution in [-0.4, -0.2) is 110 Å². The van der Waals surface area contributed by atoms with Crippen LogP contribution in [0.4, 0.5) is 0 Å². The van der Waals surface area contributed by atoms with Crippen LogP contribution in [0.3, 0.4) is 0 Å². The average molecular weight is 971 g/mol. The van der Waals surface area contributed by atoms with Gasteiger partial charge in [-0.2, -0.15) is 0 Å². The lowest BCUT2D eigenvalue weighted by molar-refractivity contribution is -0.303. The highest BCUT2D eigenvalue weighted by Crippen LogP contribution is 2.23.